The molecule has 7 nitrogen and oxygen atoms in total. The van der Waals surface area contributed by atoms with E-state index in [2.05, 4.69) is 6.92 Å². The van der Waals surface area contributed by atoms with E-state index in [1.165, 1.54) is 6.08 Å². The van der Waals surface area contributed by atoms with Gasteiger partial charge < -0.3 is 25.7 Å². The number of rotatable bonds is 11. The molecule has 0 heterocycles. The SMILES string of the molecule is CCCCOC1CCC(OC(=O)c2ccc(/C=C/C(=O)OCCc3cc(N)ccc3N)cc2)CC1. The van der Waals surface area contributed by atoms with Crippen LogP contribution in [0.4, 0.5) is 11.4 Å². The summed E-state index contributed by atoms with van der Waals surface area (Å²) in [4.78, 5) is 24.5. The summed E-state index contributed by atoms with van der Waals surface area (Å²) < 4.78 is 16.8. The molecule has 0 spiro atoms. The maximum absolute atomic E-state index is 12.5. The van der Waals surface area contributed by atoms with E-state index in [0.717, 1.165) is 56.3 Å². The summed E-state index contributed by atoms with van der Waals surface area (Å²) >= 11 is 0. The summed E-state index contributed by atoms with van der Waals surface area (Å²) in [6.07, 6.45) is 9.43. The highest BCUT2D eigenvalue weighted by atomic mass is 16.5. The van der Waals surface area contributed by atoms with Crippen molar-refractivity contribution in [1.29, 1.82) is 0 Å². The van der Waals surface area contributed by atoms with Crippen LogP contribution in [0.25, 0.3) is 6.08 Å². The second-order valence-corrected chi connectivity index (χ2v) is 8.86. The number of carbonyl (C=O) groups excluding carboxylic acids is 2. The number of carbonyl (C=O) groups is 2. The van der Waals surface area contributed by atoms with Gasteiger partial charge in [-0.2, -0.15) is 0 Å². The molecule has 188 valence electrons. The van der Waals surface area contributed by atoms with Crippen LogP contribution in [0.2, 0.25) is 0 Å². The fourth-order valence-corrected chi connectivity index (χ4v) is 3.98. The summed E-state index contributed by atoms with van der Waals surface area (Å²) in [6.45, 7) is 3.16. The zero-order valence-electron chi connectivity index (χ0n) is 20.4. The first kappa shape index (κ1) is 26.3. The molecule has 2 aromatic rings. The van der Waals surface area contributed by atoms with Gasteiger partial charge in [0.05, 0.1) is 18.3 Å². The zero-order chi connectivity index (χ0) is 25.0. The maximum atomic E-state index is 12.5. The van der Waals surface area contributed by atoms with Crippen LogP contribution in [-0.4, -0.2) is 37.4 Å². The van der Waals surface area contributed by atoms with Gasteiger partial charge in [0, 0.05) is 30.5 Å². The van der Waals surface area contributed by atoms with Gasteiger partial charge in [0.2, 0.25) is 0 Å². The quantitative estimate of drug-likeness (QED) is 0.203. The van der Waals surface area contributed by atoms with Crippen LogP contribution in [0.5, 0.6) is 0 Å². The van der Waals surface area contributed by atoms with E-state index in [9.17, 15) is 9.59 Å². The Labute approximate surface area is 207 Å². The van der Waals surface area contributed by atoms with E-state index in [4.69, 9.17) is 25.7 Å². The van der Waals surface area contributed by atoms with Gasteiger partial charge in [-0.15, -0.1) is 0 Å². The Bertz CT molecular complexity index is 995. The first-order valence-corrected chi connectivity index (χ1v) is 12.4. The third-order valence-electron chi connectivity index (χ3n) is 6.09. The molecule has 3 rings (SSSR count). The van der Waals surface area contributed by atoms with Gasteiger partial charge in [-0.25, -0.2) is 9.59 Å². The lowest BCUT2D eigenvalue weighted by Crippen LogP contribution is -2.28. The first-order valence-electron chi connectivity index (χ1n) is 12.4. The molecule has 0 amide bonds. The fraction of sp³-hybridized carbons (Fsp3) is 0.429. The summed E-state index contributed by atoms with van der Waals surface area (Å²) in [5, 5.41) is 0. The minimum absolute atomic E-state index is 0.0643. The molecule has 4 N–H and O–H groups in total. The second kappa shape index (κ2) is 13.5. The van der Waals surface area contributed by atoms with E-state index in [1.807, 2.05) is 0 Å². The minimum Gasteiger partial charge on any atom is -0.462 e. The zero-order valence-corrected chi connectivity index (χ0v) is 20.4. The van der Waals surface area contributed by atoms with E-state index < -0.39 is 5.97 Å². The van der Waals surface area contributed by atoms with Gasteiger partial charge in [-0.1, -0.05) is 25.5 Å². The predicted molar refractivity (Wildman–Crippen MR) is 138 cm³/mol. The molecule has 35 heavy (non-hydrogen) atoms. The van der Waals surface area contributed by atoms with Crippen LogP contribution >= 0.6 is 0 Å². The van der Waals surface area contributed by atoms with Crippen LogP contribution in [0.3, 0.4) is 0 Å². The molecular formula is C28H36N2O5. The van der Waals surface area contributed by atoms with Gasteiger partial charge in [-0.05, 0) is 79.6 Å². The Hall–Kier alpha value is -3.32. The average molecular weight is 481 g/mol. The number of hydrogen-bond donors (Lipinski definition) is 2. The molecule has 0 radical (unpaired) electrons. The number of nitrogen functional groups attached to an aromatic ring is 2. The van der Waals surface area contributed by atoms with Crippen molar-refractivity contribution in [2.75, 3.05) is 24.7 Å². The monoisotopic (exact) mass is 480 g/mol. The van der Waals surface area contributed by atoms with Crippen molar-refractivity contribution in [2.45, 2.75) is 64.1 Å². The predicted octanol–water partition coefficient (Wildman–Crippen LogP) is 4.93. The third-order valence-corrected chi connectivity index (χ3v) is 6.09. The summed E-state index contributed by atoms with van der Waals surface area (Å²) in [5.74, 6) is -0.777. The Balaban J connectivity index is 1.39. The topological polar surface area (TPSA) is 114 Å². The summed E-state index contributed by atoms with van der Waals surface area (Å²) in [7, 11) is 0. The number of anilines is 2. The van der Waals surface area contributed by atoms with Crippen molar-refractivity contribution in [3.8, 4) is 0 Å². The third kappa shape index (κ3) is 8.76. The summed E-state index contributed by atoms with van der Waals surface area (Å²) in [5.41, 5.74) is 15.0. The molecule has 1 aliphatic rings. The molecule has 1 aliphatic carbocycles. The molecule has 0 bridgehead atoms. The van der Waals surface area contributed by atoms with Gasteiger partial charge in [0.15, 0.2) is 0 Å². The first-order chi connectivity index (χ1) is 16.9. The highest BCUT2D eigenvalue weighted by Crippen LogP contribution is 2.24. The fourth-order valence-electron chi connectivity index (χ4n) is 3.98. The van der Waals surface area contributed by atoms with Crippen LogP contribution in [0.1, 0.15) is 66.9 Å². The molecule has 7 heteroatoms. The van der Waals surface area contributed by atoms with Crippen molar-refractivity contribution in [1.82, 2.24) is 0 Å². The number of ether oxygens (including phenoxy) is 3. The lowest BCUT2D eigenvalue weighted by molar-refractivity contribution is -0.137. The van der Waals surface area contributed by atoms with Crippen molar-refractivity contribution < 1.29 is 23.8 Å². The van der Waals surface area contributed by atoms with Gasteiger partial charge in [0.1, 0.15) is 6.10 Å². The maximum Gasteiger partial charge on any atom is 0.338 e. The number of benzene rings is 2. The Morgan fingerprint density at radius 2 is 1.69 bits per heavy atom. The van der Waals surface area contributed by atoms with Gasteiger partial charge in [0.25, 0.3) is 0 Å². The second-order valence-electron chi connectivity index (χ2n) is 8.86. The Morgan fingerprint density at radius 3 is 2.40 bits per heavy atom. The minimum atomic E-state index is -0.453. The van der Waals surface area contributed by atoms with Crippen molar-refractivity contribution in [2.24, 2.45) is 0 Å². The number of nitrogens with two attached hydrogens (primary N) is 2. The molecular weight excluding hydrogens is 444 g/mol. The van der Waals surface area contributed by atoms with Gasteiger partial charge in [-0.3, -0.25) is 0 Å². The van der Waals surface area contributed by atoms with E-state index in [1.54, 1.807) is 48.5 Å². The molecule has 0 saturated heterocycles. The Kier molecular flexibility index (Phi) is 10.2. The molecule has 1 fully saturated rings. The van der Waals surface area contributed by atoms with Crippen molar-refractivity contribution >= 4 is 29.4 Å². The van der Waals surface area contributed by atoms with Crippen LogP contribution in [0.15, 0.2) is 48.5 Å². The van der Waals surface area contributed by atoms with Crippen molar-refractivity contribution in [3.05, 3.63) is 65.2 Å². The van der Waals surface area contributed by atoms with Gasteiger partial charge >= 0.3 is 11.9 Å². The van der Waals surface area contributed by atoms with Crippen LogP contribution in [0, 0.1) is 0 Å². The average Bonchev–Trinajstić information content (AvgIpc) is 2.86. The molecule has 1 saturated carbocycles. The highest BCUT2D eigenvalue weighted by molar-refractivity contribution is 5.90. The number of hydrogen-bond acceptors (Lipinski definition) is 7. The van der Waals surface area contributed by atoms with Crippen molar-refractivity contribution in [3.63, 3.8) is 0 Å². The Morgan fingerprint density at radius 1 is 0.971 bits per heavy atom. The molecule has 0 unspecified atom stereocenters. The summed E-state index contributed by atoms with van der Waals surface area (Å²) in [6, 6.07) is 12.2. The lowest BCUT2D eigenvalue weighted by atomic mass is 9.95. The highest BCUT2D eigenvalue weighted by Gasteiger charge is 2.24. The normalized spacial score (nSPS) is 17.9. The molecule has 2 aromatic carbocycles. The van der Waals surface area contributed by atoms with E-state index >= 15 is 0 Å². The lowest BCUT2D eigenvalue weighted by Gasteiger charge is -2.28. The smallest absolute Gasteiger partial charge is 0.338 e. The standard InChI is InChI=1S/C28H36N2O5/c1-2-3-17-33-24-10-12-25(13-11-24)35-28(32)21-7-4-20(5-8-21)6-15-27(31)34-18-16-22-19-23(29)9-14-26(22)30/h4-9,14-15,19,24-25H,2-3,10-13,16-18,29-30H2,1H3/b15-6+. The number of esters is 2. The molecule has 0 atom stereocenters. The van der Waals surface area contributed by atoms with Crippen LogP contribution < -0.4 is 11.5 Å². The van der Waals surface area contributed by atoms with E-state index in [-0.39, 0.29) is 24.8 Å². The number of unbranched alkanes of at least 4 members (excludes halogenated alkanes) is 1. The van der Waals surface area contributed by atoms with E-state index in [0.29, 0.717) is 23.4 Å². The van der Waals surface area contributed by atoms with Crippen LogP contribution in [-0.2, 0) is 25.4 Å². The largest absolute Gasteiger partial charge is 0.462 e. The molecule has 0 aliphatic heterocycles. The molecule has 0 aromatic heterocycles.